The van der Waals surface area contributed by atoms with Gasteiger partial charge in [0, 0.05) is 32.1 Å². The first-order valence-corrected chi connectivity index (χ1v) is 11.3. The lowest BCUT2D eigenvalue weighted by Gasteiger charge is -2.36. The molecule has 0 N–H and O–H groups in total. The first-order chi connectivity index (χ1) is 12.4. The lowest BCUT2D eigenvalue weighted by atomic mass is 9.87. The van der Waals surface area contributed by atoms with Crippen molar-refractivity contribution >= 4 is 39.1 Å². The van der Waals surface area contributed by atoms with E-state index >= 15 is 0 Å². The quantitative estimate of drug-likeness (QED) is 0.759. The normalized spacial score (nSPS) is 29.3. The van der Waals surface area contributed by atoms with E-state index in [1.165, 1.54) is 41.8 Å². The van der Waals surface area contributed by atoms with Gasteiger partial charge in [0.2, 0.25) is 15.9 Å². The summed E-state index contributed by atoms with van der Waals surface area (Å²) in [5, 5.41) is 0.546. The number of carbonyl (C=O) groups is 1. The molecule has 142 valence electrons. The summed E-state index contributed by atoms with van der Waals surface area (Å²) in [6.45, 7) is 1.53. The highest BCUT2D eigenvalue weighted by Gasteiger charge is 2.45. The molecule has 1 aromatic carbocycles. The molecule has 4 rings (SSSR count). The molecule has 2 aliphatic carbocycles. The molecule has 8 heteroatoms. The highest BCUT2D eigenvalue weighted by molar-refractivity contribution is 7.89. The van der Waals surface area contributed by atoms with Gasteiger partial charge in [-0.1, -0.05) is 29.6 Å². The highest BCUT2D eigenvalue weighted by atomic mass is 35.5. The predicted molar refractivity (Wildman–Crippen MR) is 101 cm³/mol. The van der Waals surface area contributed by atoms with Crippen LogP contribution in [-0.2, 0) is 14.8 Å². The van der Waals surface area contributed by atoms with Gasteiger partial charge in [0.25, 0.3) is 0 Å². The van der Waals surface area contributed by atoms with Crippen LogP contribution in [0.15, 0.2) is 23.1 Å². The summed E-state index contributed by atoms with van der Waals surface area (Å²) >= 11 is 11.8. The van der Waals surface area contributed by atoms with Gasteiger partial charge in [0.1, 0.15) is 0 Å². The summed E-state index contributed by atoms with van der Waals surface area (Å²) < 4.78 is 27.0. The Morgan fingerprint density at radius 2 is 1.73 bits per heavy atom. The molecule has 3 aliphatic rings. The SMILES string of the molecule is O=C(C1CC2CCC1C2)N1CCN(S(=O)(=O)c2ccc(Cl)c(Cl)c2)CC1. The van der Waals surface area contributed by atoms with Gasteiger partial charge in [-0.05, 0) is 49.3 Å². The molecule has 0 spiro atoms. The topological polar surface area (TPSA) is 57.7 Å². The molecule has 3 fully saturated rings. The lowest BCUT2D eigenvalue weighted by molar-refractivity contribution is -0.138. The average Bonchev–Trinajstić information content (AvgIpc) is 3.27. The minimum atomic E-state index is -3.63. The Kier molecular flexibility index (Phi) is 4.97. The Morgan fingerprint density at radius 1 is 1.00 bits per heavy atom. The van der Waals surface area contributed by atoms with Crippen LogP contribution in [0.2, 0.25) is 10.0 Å². The van der Waals surface area contributed by atoms with Gasteiger partial charge in [0.05, 0.1) is 14.9 Å². The maximum Gasteiger partial charge on any atom is 0.243 e. The number of carbonyl (C=O) groups excluding carboxylic acids is 1. The molecule has 5 nitrogen and oxygen atoms in total. The van der Waals surface area contributed by atoms with Crippen molar-refractivity contribution in [2.45, 2.75) is 30.6 Å². The van der Waals surface area contributed by atoms with Crippen LogP contribution in [0.25, 0.3) is 0 Å². The zero-order valence-corrected chi connectivity index (χ0v) is 16.7. The number of piperazine rings is 1. The fourth-order valence-electron chi connectivity index (χ4n) is 4.72. The molecule has 1 aromatic rings. The number of halogens is 2. The van der Waals surface area contributed by atoms with E-state index in [0.29, 0.717) is 37.1 Å². The van der Waals surface area contributed by atoms with Crippen LogP contribution in [0.4, 0.5) is 0 Å². The van der Waals surface area contributed by atoms with Gasteiger partial charge in [-0.25, -0.2) is 8.42 Å². The van der Waals surface area contributed by atoms with Crippen molar-refractivity contribution in [3.8, 4) is 0 Å². The van der Waals surface area contributed by atoms with E-state index in [9.17, 15) is 13.2 Å². The van der Waals surface area contributed by atoms with E-state index in [4.69, 9.17) is 23.2 Å². The van der Waals surface area contributed by atoms with Gasteiger partial charge in [-0.2, -0.15) is 4.31 Å². The Bertz CT molecular complexity index is 822. The second kappa shape index (κ2) is 6.97. The van der Waals surface area contributed by atoms with Crippen LogP contribution in [0.1, 0.15) is 25.7 Å². The molecule has 0 aromatic heterocycles. The summed E-state index contributed by atoms with van der Waals surface area (Å²) in [7, 11) is -3.63. The standard InChI is InChI=1S/C18H22Cl2N2O3S/c19-16-4-3-14(11-17(16)20)26(24,25)22-7-5-21(6-8-22)18(23)15-10-12-1-2-13(15)9-12/h3-4,11-13,15H,1-2,5-10H2. The van der Waals surface area contributed by atoms with Crippen LogP contribution in [0.3, 0.4) is 0 Å². The van der Waals surface area contributed by atoms with Gasteiger partial charge in [0.15, 0.2) is 0 Å². The largest absolute Gasteiger partial charge is 0.340 e. The van der Waals surface area contributed by atoms with Crippen LogP contribution < -0.4 is 0 Å². The number of fused-ring (bicyclic) bond motifs is 2. The molecule has 1 aliphatic heterocycles. The van der Waals surface area contributed by atoms with E-state index in [1.54, 1.807) is 0 Å². The third-order valence-corrected chi connectivity index (χ3v) is 8.77. The molecule has 26 heavy (non-hydrogen) atoms. The monoisotopic (exact) mass is 416 g/mol. The molecule has 1 heterocycles. The van der Waals surface area contributed by atoms with E-state index in [2.05, 4.69) is 0 Å². The minimum absolute atomic E-state index is 0.139. The smallest absolute Gasteiger partial charge is 0.243 e. The summed E-state index contributed by atoms with van der Waals surface area (Å²) in [4.78, 5) is 14.8. The van der Waals surface area contributed by atoms with Gasteiger partial charge < -0.3 is 4.90 Å². The molecule has 2 saturated carbocycles. The molecule has 1 amide bonds. The zero-order chi connectivity index (χ0) is 18.5. The van der Waals surface area contributed by atoms with E-state index in [0.717, 1.165) is 12.3 Å². The summed E-state index contributed by atoms with van der Waals surface area (Å²) in [6.07, 6.45) is 4.66. The fourth-order valence-corrected chi connectivity index (χ4v) is 6.53. The number of rotatable bonds is 3. The maximum absolute atomic E-state index is 12.8. The molecule has 3 atom stereocenters. The third kappa shape index (κ3) is 3.26. The van der Waals surface area contributed by atoms with Crippen molar-refractivity contribution in [1.82, 2.24) is 9.21 Å². The zero-order valence-electron chi connectivity index (χ0n) is 14.4. The first kappa shape index (κ1) is 18.5. The Hall–Kier alpha value is -0.820. The predicted octanol–water partition coefficient (Wildman–Crippen LogP) is 3.26. The van der Waals surface area contributed by atoms with E-state index < -0.39 is 10.0 Å². The van der Waals surface area contributed by atoms with Crippen LogP contribution in [-0.4, -0.2) is 49.7 Å². The summed E-state index contributed by atoms with van der Waals surface area (Å²) in [5.41, 5.74) is 0. The van der Waals surface area contributed by atoms with Crippen molar-refractivity contribution in [3.05, 3.63) is 28.2 Å². The third-order valence-electron chi connectivity index (χ3n) is 6.13. The van der Waals surface area contributed by atoms with Gasteiger partial charge >= 0.3 is 0 Å². The minimum Gasteiger partial charge on any atom is -0.340 e. The average molecular weight is 417 g/mol. The maximum atomic E-state index is 12.8. The number of sulfonamides is 1. The molecule has 0 radical (unpaired) electrons. The molecule has 3 unspecified atom stereocenters. The summed E-state index contributed by atoms with van der Waals surface area (Å²) in [5.74, 6) is 1.66. The van der Waals surface area contributed by atoms with Crippen LogP contribution in [0, 0.1) is 17.8 Å². The first-order valence-electron chi connectivity index (χ1n) is 9.10. The lowest BCUT2D eigenvalue weighted by Crippen LogP contribution is -2.52. The number of nitrogens with zero attached hydrogens (tertiary/aromatic N) is 2. The molecule has 2 bridgehead atoms. The fraction of sp³-hybridized carbons (Fsp3) is 0.611. The summed E-state index contributed by atoms with van der Waals surface area (Å²) in [6, 6.07) is 4.34. The van der Waals surface area contributed by atoms with Crippen molar-refractivity contribution in [2.75, 3.05) is 26.2 Å². The Balaban J connectivity index is 1.41. The van der Waals surface area contributed by atoms with Crippen molar-refractivity contribution in [3.63, 3.8) is 0 Å². The number of hydrogen-bond acceptors (Lipinski definition) is 3. The van der Waals surface area contributed by atoms with Crippen LogP contribution in [0.5, 0.6) is 0 Å². The second-order valence-electron chi connectivity index (χ2n) is 7.59. The van der Waals surface area contributed by atoms with Crippen LogP contribution >= 0.6 is 23.2 Å². The van der Waals surface area contributed by atoms with Crippen molar-refractivity contribution in [2.24, 2.45) is 17.8 Å². The highest BCUT2D eigenvalue weighted by Crippen LogP contribution is 2.49. The Labute approximate surface area is 164 Å². The van der Waals surface area contributed by atoms with Gasteiger partial charge in [-0.15, -0.1) is 0 Å². The van der Waals surface area contributed by atoms with Crippen molar-refractivity contribution in [1.29, 1.82) is 0 Å². The number of amides is 1. The van der Waals surface area contributed by atoms with E-state index in [1.807, 2.05) is 4.90 Å². The van der Waals surface area contributed by atoms with Gasteiger partial charge in [-0.3, -0.25) is 4.79 Å². The molecular weight excluding hydrogens is 395 g/mol. The second-order valence-corrected chi connectivity index (χ2v) is 10.3. The van der Waals surface area contributed by atoms with Crippen molar-refractivity contribution < 1.29 is 13.2 Å². The Morgan fingerprint density at radius 3 is 2.31 bits per heavy atom. The van der Waals surface area contributed by atoms with E-state index in [-0.39, 0.29) is 21.7 Å². The number of benzene rings is 1. The molecule has 1 saturated heterocycles. The molecular formula is C18H22Cl2N2O3S. The number of hydrogen-bond donors (Lipinski definition) is 0.